The number of nitrogens with one attached hydrogen (secondary N) is 2. The minimum atomic E-state index is -0.351. The summed E-state index contributed by atoms with van der Waals surface area (Å²) in [5.74, 6) is 2.87. The van der Waals surface area contributed by atoms with E-state index in [-0.39, 0.29) is 11.1 Å². The minimum Gasteiger partial charge on any atom is -0.411 e. The number of hydrogen-bond donors (Lipinski definition) is 3. The largest absolute Gasteiger partial charge is 0.411 e. The maximum Gasteiger partial charge on any atom is 0.109 e. The molecule has 5 heteroatoms. The van der Waals surface area contributed by atoms with E-state index in [0.29, 0.717) is 22.7 Å². The third kappa shape index (κ3) is 2.55. The monoisotopic (exact) mass is 420 g/mol. The summed E-state index contributed by atoms with van der Waals surface area (Å²) in [6, 6.07) is 6.39. The first-order valence-electron chi connectivity index (χ1n) is 12.0. The Morgan fingerprint density at radius 2 is 1.65 bits per heavy atom. The second-order valence-electron chi connectivity index (χ2n) is 12.6. The molecule has 0 unspecified atom stereocenters. The van der Waals surface area contributed by atoms with Crippen molar-refractivity contribution in [2.45, 2.75) is 78.3 Å². The van der Waals surface area contributed by atoms with Gasteiger partial charge in [-0.1, -0.05) is 38.9 Å². The first kappa shape index (κ1) is 19.6. The molecular formula is C26H36N4O. The van der Waals surface area contributed by atoms with Crippen LogP contribution < -0.4 is 10.6 Å². The zero-order chi connectivity index (χ0) is 22.0. The standard InChI is InChI=1S/C26H36N4O/c1-23(2)14-10-20-25(5,12-16(14)23)28-18-8-7-9-19(22(18)27-20)29-26(6)13-17-15(24(17,3)4)11-21(26)30-31/h7-9,14-17,28-29,31H,10-13H2,1-6H3/b30-21+/t14-,15-,16+,17+,25+,26+/m1/s1. The highest BCUT2D eigenvalue weighted by Crippen LogP contribution is 2.68. The van der Waals surface area contributed by atoms with E-state index in [1.165, 1.54) is 5.71 Å². The first-order chi connectivity index (χ1) is 14.5. The number of para-hydroxylation sites is 1. The normalized spacial score (nSPS) is 44.1. The molecule has 1 heterocycles. The van der Waals surface area contributed by atoms with Crippen LogP contribution in [0.3, 0.4) is 0 Å². The summed E-state index contributed by atoms with van der Waals surface area (Å²) in [5, 5.41) is 21.2. The molecule has 0 bridgehead atoms. The Hall–Kier alpha value is -2.04. The van der Waals surface area contributed by atoms with Gasteiger partial charge < -0.3 is 15.8 Å². The van der Waals surface area contributed by atoms with Crippen molar-refractivity contribution in [1.29, 1.82) is 0 Å². The Morgan fingerprint density at radius 3 is 2.35 bits per heavy atom. The van der Waals surface area contributed by atoms with E-state index in [4.69, 9.17) is 4.99 Å². The summed E-state index contributed by atoms with van der Waals surface area (Å²) in [7, 11) is 0. The van der Waals surface area contributed by atoms with Gasteiger partial charge in [-0.15, -0.1) is 0 Å². The molecule has 3 N–H and O–H groups in total. The molecule has 31 heavy (non-hydrogen) atoms. The van der Waals surface area contributed by atoms with Crippen molar-refractivity contribution in [2.24, 2.45) is 44.6 Å². The number of aliphatic imine (C=N–C) groups is 1. The molecule has 0 saturated heterocycles. The molecule has 4 fully saturated rings. The fourth-order valence-electron chi connectivity index (χ4n) is 7.48. The Balaban J connectivity index is 1.34. The van der Waals surface area contributed by atoms with Crippen molar-refractivity contribution in [3.8, 4) is 0 Å². The summed E-state index contributed by atoms with van der Waals surface area (Å²) >= 11 is 0. The molecule has 166 valence electrons. The number of fused-ring (bicyclic) bond motifs is 4. The van der Waals surface area contributed by atoms with Gasteiger partial charge in [0.2, 0.25) is 0 Å². The summed E-state index contributed by atoms with van der Waals surface area (Å²) < 4.78 is 0. The topological polar surface area (TPSA) is 69.0 Å². The van der Waals surface area contributed by atoms with Crippen molar-refractivity contribution >= 4 is 28.5 Å². The fourth-order valence-corrected chi connectivity index (χ4v) is 7.48. The molecule has 5 aliphatic rings. The van der Waals surface area contributed by atoms with Crippen LogP contribution in [0.1, 0.15) is 67.2 Å². The van der Waals surface area contributed by atoms with Gasteiger partial charge in [0.25, 0.3) is 0 Å². The average Bonchev–Trinajstić information content (AvgIpc) is 3.43. The SMILES string of the molecule is CC1(C)[C@@H]2CC3=Nc4c(cccc4N[C@@]4(C)C[C@H]5[C@@H](C/C4=N\O)C5(C)C)N[C@@]3(C)C[C@@H]21. The first-order valence-corrected chi connectivity index (χ1v) is 12.0. The van der Waals surface area contributed by atoms with E-state index in [9.17, 15) is 5.21 Å². The van der Waals surface area contributed by atoms with Gasteiger partial charge in [-0.25, -0.2) is 0 Å². The number of oxime groups is 1. The lowest BCUT2D eigenvalue weighted by Crippen LogP contribution is -2.48. The van der Waals surface area contributed by atoms with Crippen LogP contribution in [0.4, 0.5) is 17.1 Å². The van der Waals surface area contributed by atoms with Crippen LogP contribution in [-0.2, 0) is 0 Å². The van der Waals surface area contributed by atoms with E-state index in [2.05, 4.69) is 75.5 Å². The van der Waals surface area contributed by atoms with Gasteiger partial charge in [0.1, 0.15) is 5.69 Å². The Kier molecular flexibility index (Phi) is 3.58. The lowest BCUT2D eigenvalue weighted by molar-refractivity contribution is 0.307. The Labute approximate surface area is 185 Å². The molecule has 1 aromatic rings. The van der Waals surface area contributed by atoms with Gasteiger partial charge >= 0.3 is 0 Å². The van der Waals surface area contributed by atoms with Crippen LogP contribution in [0.25, 0.3) is 0 Å². The van der Waals surface area contributed by atoms with Crippen LogP contribution in [0.5, 0.6) is 0 Å². The van der Waals surface area contributed by atoms with E-state index in [0.717, 1.165) is 60.3 Å². The van der Waals surface area contributed by atoms with Gasteiger partial charge in [0.15, 0.2) is 0 Å². The third-order valence-corrected chi connectivity index (χ3v) is 10.2. The second kappa shape index (κ2) is 5.65. The quantitative estimate of drug-likeness (QED) is 0.401. The Morgan fingerprint density at radius 1 is 0.968 bits per heavy atom. The molecule has 0 spiro atoms. The molecular weight excluding hydrogens is 384 g/mol. The van der Waals surface area contributed by atoms with E-state index in [1.807, 2.05) is 0 Å². The van der Waals surface area contributed by atoms with Crippen molar-refractivity contribution < 1.29 is 5.21 Å². The second-order valence-corrected chi connectivity index (χ2v) is 12.6. The number of hydrogen-bond acceptors (Lipinski definition) is 5. The number of anilines is 2. The molecule has 5 nitrogen and oxygen atoms in total. The summed E-state index contributed by atoms with van der Waals surface area (Å²) in [4.78, 5) is 5.28. The molecule has 0 amide bonds. The van der Waals surface area contributed by atoms with E-state index in [1.54, 1.807) is 0 Å². The Bertz CT molecular complexity index is 1040. The molecule has 6 rings (SSSR count). The summed E-state index contributed by atoms with van der Waals surface area (Å²) in [6.45, 7) is 14.0. The number of rotatable bonds is 2. The molecule has 4 aliphatic carbocycles. The molecule has 0 aromatic heterocycles. The highest BCUT2D eigenvalue weighted by molar-refractivity contribution is 6.05. The van der Waals surface area contributed by atoms with Crippen LogP contribution in [0.2, 0.25) is 0 Å². The van der Waals surface area contributed by atoms with Crippen LogP contribution in [0, 0.1) is 34.5 Å². The molecule has 1 aliphatic heterocycles. The number of nitrogens with zero attached hydrogens (tertiary/aromatic N) is 2. The summed E-state index contributed by atoms with van der Waals surface area (Å²) in [5.41, 5.74) is 5.72. The molecule has 6 atom stereocenters. The predicted molar refractivity (Wildman–Crippen MR) is 127 cm³/mol. The van der Waals surface area contributed by atoms with Gasteiger partial charge in [-0.05, 0) is 86.2 Å². The number of benzene rings is 1. The van der Waals surface area contributed by atoms with E-state index < -0.39 is 0 Å². The fraction of sp³-hybridized carbons (Fsp3) is 0.692. The highest BCUT2D eigenvalue weighted by atomic mass is 16.4. The van der Waals surface area contributed by atoms with Crippen molar-refractivity contribution in [3.63, 3.8) is 0 Å². The molecule has 1 aromatic carbocycles. The minimum absolute atomic E-state index is 0.0434. The van der Waals surface area contributed by atoms with Gasteiger partial charge in [0.05, 0.1) is 28.2 Å². The van der Waals surface area contributed by atoms with Gasteiger partial charge in [-0.3, -0.25) is 4.99 Å². The predicted octanol–water partition coefficient (Wildman–Crippen LogP) is 6.08. The lowest BCUT2D eigenvalue weighted by atomic mass is 9.79. The van der Waals surface area contributed by atoms with Gasteiger partial charge in [0, 0.05) is 5.71 Å². The smallest absolute Gasteiger partial charge is 0.109 e. The average molecular weight is 421 g/mol. The van der Waals surface area contributed by atoms with Gasteiger partial charge in [-0.2, -0.15) is 0 Å². The maximum atomic E-state index is 9.83. The van der Waals surface area contributed by atoms with Crippen LogP contribution >= 0.6 is 0 Å². The zero-order valence-electron chi connectivity index (χ0n) is 19.7. The highest BCUT2D eigenvalue weighted by Gasteiger charge is 2.65. The zero-order valence-corrected chi connectivity index (χ0v) is 19.7. The third-order valence-electron chi connectivity index (χ3n) is 10.2. The summed E-state index contributed by atoms with van der Waals surface area (Å²) in [6.07, 6.45) is 4.12. The van der Waals surface area contributed by atoms with Crippen molar-refractivity contribution in [1.82, 2.24) is 0 Å². The van der Waals surface area contributed by atoms with E-state index >= 15 is 0 Å². The lowest BCUT2D eigenvalue weighted by Gasteiger charge is -2.41. The molecule has 4 saturated carbocycles. The van der Waals surface area contributed by atoms with Crippen molar-refractivity contribution in [3.05, 3.63) is 18.2 Å². The van der Waals surface area contributed by atoms with Crippen molar-refractivity contribution in [2.75, 3.05) is 10.6 Å². The van der Waals surface area contributed by atoms with Crippen LogP contribution in [0.15, 0.2) is 28.3 Å². The maximum absolute atomic E-state index is 9.83. The van der Waals surface area contributed by atoms with Crippen LogP contribution in [-0.4, -0.2) is 27.7 Å². The molecule has 0 radical (unpaired) electrons.